The van der Waals surface area contributed by atoms with Crippen LogP contribution in [0.25, 0.3) is 0 Å². The number of benzene rings is 2. The van der Waals surface area contributed by atoms with Gasteiger partial charge in [0.2, 0.25) is 5.91 Å². The molecule has 0 bridgehead atoms. The summed E-state index contributed by atoms with van der Waals surface area (Å²) in [7, 11) is 0. The van der Waals surface area contributed by atoms with Crippen molar-refractivity contribution < 1.29 is 23.9 Å². The molecule has 2 N–H and O–H groups in total. The third-order valence-corrected chi connectivity index (χ3v) is 4.98. The van der Waals surface area contributed by atoms with E-state index in [1.54, 1.807) is 56.3 Å². The Morgan fingerprint density at radius 2 is 1.58 bits per heavy atom. The molecule has 33 heavy (non-hydrogen) atoms. The molecule has 7 nitrogen and oxygen atoms in total. The second-order valence-electron chi connectivity index (χ2n) is 9.38. The van der Waals surface area contributed by atoms with Crippen LogP contribution in [0.5, 0.6) is 0 Å². The summed E-state index contributed by atoms with van der Waals surface area (Å²) in [5.41, 5.74) is 1.76. The number of ether oxygens (including phenoxy) is 1. The first-order valence-corrected chi connectivity index (χ1v) is 10.9. The molecule has 1 atom stereocenters. The number of Topliss-reactive ketones (excluding diaryl/α,β-unsaturated/α-hetero) is 1. The molecule has 0 aliphatic carbocycles. The van der Waals surface area contributed by atoms with Gasteiger partial charge in [0.25, 0.3) is 5.91 Å². The lowest BCUT2D eigenvalue weighted by Crippen LogP contribution is -2.45. The van der Waals surface area contributed by atoms with Gasteiger partial charge >= 0.3 is 5.97 Å². The van der Waals surface area contributed by atoms with Crippen molar-refractivity contribution in [2.45, 2.75) is 47.6 Å². The molecule has 2 amide bonds. The number of anilines is 1. The Bertz CT molecular complexity index is 1020. The minimum Gasteiger partial charge on any atom is -0.456 e. The van der Waals surface area contributed by atoms with Crippen LogP contribution in [0.3, 0.4) is 0 Å². The van der Waals surface area contributed by atoms with Gasteiger partial charge in [-0.15, -0.1) is 0 Å². The van der Waals surface area contributed by atoms with Gasteiger partial charge in [0, 0.05) is 22.2 Å². The Morgan fingerprint density at radius 3 is 2.12 bits per heavy atom. The molecule has 2 aromatic carbocycles. The van der Waals surface area contributed by atoms with Crippen LogP contribution in [0.15, 0.2) is 48.5 Å². The highest BCUT2D eigenvalue weighted by atomic mass is 16.5. The lowest BCUT2D eigenvalue weighted by Gasteiger charge is -2.21. The summed E-state index contributed by atoms with van der Waals surface area (Å²) in [4.78, 5) is 49.6. The van der Waals surface area contributed by atoms with Crippen LogP contribution in [0, 0.1) is 18.3 Å². The van der Waals surface area contributed by atoms with Crippen LogP contribution < -0.4 is 10.6 Å². The molecule has 0 saturated heterocycles. The van der Waals surface area contributed by atoms with Crippen molar-refractivity contribution in [2.24, 2.45) is 11.3 Å². The monoisotopic (exact) mass is 452 g/mol. The fourth-order valence-corrected chi connectivity index (χ4v) is 2.88. The summed E-state index contributed by atoms with van der Waals surface area (Å²) >= 11 is 0. The number of carbonyl (C=O) groups is 4. The topological polar surface area (TPSA) is 102 Å². The molecule has 176 valence electrons. The van der Waals surface area contributed by atoms with Crippen LogP contribution >= 0.6 is 0 Å². The molecule has 2 aromatic rings. The first-order chi connectivity index (χ1) is 15.4. The van der Waals surface area contributed by atoms with E-state index in [-0.39, 0.29) is 23.5 Å². The smallest absolute Gasteiger partial charge is 0.329 e. The highest BCUT2D eigenvalue weighted by Crippen LogP contribution is 2.18. The fourth-order valence-electron chi connectivity index (χ4n) is 2.88. The third-order valence-electron chi connectivity index (χ3n) is 4.98. The minimum absolute atomic E-state index is 0.136. The number of carbonyl (C=O) groups excluding carboxylic acids is 4. The summed E-state index contributed by atoms with van der Waals surface area (Å²) < 4.78 is 5.21. The molecule has 7 heteroatoms. The number of hydrogen-bond acceptors (Lipinski definition) is 5. The summed E-state index contributed by atoms with van der Waals surface area (Å²) in [5.74, 6) is -1.80. The van der Waals surface area contributed by atoms with E-state index in [4.69, 9.17) is 4.74 Å². The summed E-state index contributed by atoms with van der Waals surface area (Å²) in [6.45, 7) is 10.4. The molecule has 0 radical (unpaired) electrons. The number of aryl methyl sites for hydroxylation is 1. The normalized spacial score (nSPS) is 12.1. The molecule has 0 spiro atoms. The van der Waals surface area contributed by atoms with Crippen molar-refractivity contribution in [1.29, 1.82) is 0 Å². The van der Waals surface area contributed by atoms with E-state index >= 15 is 0 Å². The Labute approximate surface area is 194 Å². The first-order valence-electron chi connectivity index (χ1n) is 10.9. The SMILES string of the molecule is Cc1cccc(C(=O)N[C@H](C(=O)OCC(=O)c2ccc(NC(=O)C(C)(C)C)cc2)C(C)C)c1. The van der Waals surface area contributed by atoms with E-state index < -0.39 is 24.0 Å². The zero-order chi connectivity index (χ0) is 24.8. The van der Waals surface area contributed by atoms with Gasteiger partial charge in [-0.05, 0) is 49.2 Å². The molecule has 0 aliphatic heterocycles. The minimum atomic E-state index is -0.888. The highest BCUT2D eigenvalue weighted by Gasteiger charge is 2.27. The predicted molar refractivity (Wildman–Crippen MR) is 127 cm³/mol. The average Bonchev–Trinajstić information content (AvgIpc) is 2.75. The summed E-state index contributed by atoms with van der Waals surface area (Å²) in [5, 5.41) is 5.48. The van der Waals surface area contributed by atoms with Crippen LogP contribution in [0.4, 0.5) is 5.69 Å². The van der Waals surface area contributed by atoms with E-state index in [1.807, 2.05) is 33.8 Å². The quantitative estimate of drug-likeness (QED) is 0.463. The average molecular weight is 453 g/mol. The largest absolute Gasteiger partial charge is 0.456 e. The van der Waals surface area contributed by atoms with E-state index in [0.717, 1.165) is 5.56 Å². The molecular weight excluding hydrogens is 420 g/mol. The number of nitrogens with one attached hydrogen (secondary N) is 2. The summed E-state index contributed by atoms with van der Waals surface area (Å²) in [6.07, 6.45) is 0. The van der Waals surface area contributed by atoms with Crippen molar-refractivity contribution in [3.63, 3.8) is 0 Å². The molecule has 0 unspecified atom stereocenters. The Morgan fingerprint density at radius 1 is 0.939 bits per heavy atom. The molecule has 0 saturated carbocycles. The lowest BCUT2D eigenvalue weighted by atomic mass is 9.95. The predicted octanol–water partition coefficient (Wildman–Crippen LogP) is 4.16. The van der Waals surface area contributed by atoms with Gasteiger partial charge in [0.05, 0.1) is 0 Å². The first kappa shape index (κ1) is 25.8. The van der Waals surface area contributed by atoms with Crippen molar-refractivity contribution in [3.8, 4) is 0 Å². The van der Waals surface area contributed by atoms with Crippen molar-refractivity contribution in [1.82, 2.24) is 5.32 Å². The van der Waals surface area contributed by atoms with Gasteiger partial charge in [-0.1, -0.05) is 52.3 Å². The van der Waals surface area contributed by atoms with Gasteiger partial charge < -0.3 is 15.4 Å². The maximum atomic E-state index is 12.6. The van der Waals surface area contributed by atoms with E-state index in [0.29, 0.717) is 16.8 Å². The number of amides is 2. The Hall–Kier alpha value is -3.48. The van der Waals surface area contributed by atoms with E-state index in [2.05, 4.69) is 10.6 Å². The van der Waals surface area contributed by atoms with Crippen molar-refractivity contribution in [3.05, 3.63) is 65.2 Å². The van der Waals surface area contributed by atoms with Gasteiger partial charge in [-0.25, -0.2) is 4.79 Å². The molecule has 0 aliphatic rings. The molecule has 0 fully saturated rings. The third kappa shape index (κ3) is 7.56. The van der Waals surface area contributed by atoms with Gasteiger partial charge in [0.1, 0.15) is 6.04 Å². The fraction of sp³-hybridized carbons (Fsp3) is 0.385. The number of hydrogen-bond donors (Lipinski definition) is 2. The van der Waals surface area contributed by atoms with Gasteiger partial charge in [0.15, 0.2) is 12.4 Å². The van der Waals surface area contributed by atoms with Crippen LogP contribution in [0.1, 0.15) is 60.9 Å². The number of rotatable bonds is 8. The Kier molecular flexibility index (Phi) is 8.51. The van der Waals surface area contributed by atoms with Crippen molar-refractivity contribution in [2.75, 3.05) is 11.9 Å². The second kappa shape index (κ2) is 10.9. The van der Waals surface area contributed by atoms with E-state index in [9.17, 15) is 19.2 Å². The standard InChI is InChI=1S/C26H32N2O5/c1-16(2)22(28-23(30)19-9-7-8-17(3)14-19)24(31)33-15-21(29)18-10-12-20(13-11-18)27-25(32)26(4,5)6/h7-14,16,22H,15H2,1-6H3,(H,27,32)(H,28,30)/t22-/m0/s1. The molecular formula is C26H32N2O5. The van der Waals surface area contributed by atoms with E-state index in [1.165, 1.54) is 0 Å². The summed E-state index contributed by atoms with van der Waals surface area (Å²) in [6, 6.07) is 12.5. The number of esters is 1. The molecule has 0 heterocycles. The van der Waals surface area contributed by atoms with Crippen LogP contribution in [0.2, 0.25) is 0 Å². The highest BCUT2D eigenvalue weighted by molar-refractivity contribution is 6.00. The zero-order valence-electron chi connectivity index (χ0n) is 20.0. The molecule has 2 rings (SSSR count). The van der Waals surface area contributed by atoms with Gasteiger partial charge in [-0.2, -0.15) is 0 Å². The van der Waals surface area contributed by atoms with Crippen LogP contribution in [-0.2, 0) is 14.3 Å². The zero-order valence-corrected chi connectivity index (χ0v) is 20.0. The van der Waals surface area contributed by atoms with Crippen molar-refractivity contribution >= 4 is 29.3 Å². The maximum Gasteiger partial charge on any atom is 0.329 e. The number of ketones is 1. The second-order valence-corrected chi connectivity index (χ2v) is 9.38. The Balaban J connectivity index is 1.96. The maximum absolute atomic E-state index is 12.6. The van der Waals surface area contributed by atoms with Crippen LogP contribution in [-0.4, -0.2) is 36.2 Å². The lowest BCUT2D eigenvalue weighted by molar-refractivity contribution is -0.146. The van der Waals surface area contributed by atoms with Gasteiger partial charge in [-0.3, -0.25) is 14.4 Å². The molecule has 0 aromatic heterocycles.